The van der Waals surface area contributed by atoms with Gasteiger partial charge in [-0.25, -0.2) is 19.9 Å². The Bertz CT molecular complexity index is 1090. The molecule has 4 rings (SSSR count). The molecule has 9 nitrogen and oxygen atoms in total. The first kappa shape index (κ1) is 18.6. The van der Waals surface area contributed by atoms with Gasteiger partial charge in [0.15, 0.2) is 22.8 Å². The Balaban J connectivity index is 1.59. The van der Waals surface area contributed by atoms with Crippen molar-refractivity contribution in [3.63, 3.8) is 0 Å². The Morgan fingerprint density at radius 3 is 2.62 bits per heavy atom. The van der Waals surface area contributed by atoms with E-state index < -0.39 is 0 Å². The number of hydrogen-bond donors (Lipinski definition) is 3. The maximum Gasteiger partial charge on any atom is 0.211 e. The van der Waals surface area contributed by atoms with Gasteiger partial charge >= 0.3 is 0 Å². The van der Waals surface area contributed by atoms with Gasteiger partial charge in [-0.15, -0.1) is 0 Å². The zero-order valence-electron chi connectivity index (χ0n) is 16.2. The van der Waals surface area contributed by atoms with Crippen molar-refractivity contribution in [3.8, 4) is 5.75 Å². The van der Waals surface area contributed by atoms with Crippen molar-refractivity contribution in [2.75, 3.05) is 17.2 Å². The topological polar surface area (TPSA) is 114 Å². The van der Waals surface area contributed by atoms with Crippen molar-refractivity contribution in [3.05, 3.63) is 54.7 Å². The average Bonchev–Trinajstić information content (AvgIpc) is 3.09. The second-order valence-corrected chi connectivity index (χ2v) is 6.85. The summed E-state index contributed by atoms with van der Waals surface area (Å²) in [5, 5.41) is 16.0. The van der Waals surface area contributed by atoms with Gasteiger partial charge in [-0.2, -0.15) is 0 Å². The van der Waals surface area contributed by atoms with Crippen LogP contribution in [0.3, 0.4) is 0 Å². The molecule has 0 unspecified atom stereocenters. The van der Waals surface area contributed by atoms with Gasteiger partial charge in [0.25, 0.3) is 0 Å². The molecular formula is C20H22N8O. The number of rotatable bonds is 7. The Kier molecular flexibility index (Phi) is 5.19. The number of nitrogens with one attached hydrogen (secondary N) is 2. The Morgan fingerprint density at radius 2 is 1.90 bits per heavy atom. The minimum atomic E-state index is 0.138. The van der Waals surface area contributed by atoms with Crippen LogP contribution in [0, 0.1) is 0 Å². The third-order valence-corrected chi connectivity index (χ3v) is 4.44. The van der Waals surface area contributed by atoms with E-state index in [1.54, 1.807) is 30.7 Å². The van der Waals surface area contributed by atoms with E-state index in [4.69, 9.17) is 4.98 Å². The highest BCUT2D eigenvalue weighted by molar-refractivity contribution is 5.85. The molecule has 0 fully saturated rings. The fourth-order valence-corrected chi connectivity index (χ4v) is 3.08. The number of aromatic nitrogens is 6. The third-order valence-electron chi connectivity index (χ3n) is 4.44. The van der Waals surface area contributed by atoms with Gasteiger partial charge in [-0.1, -0.05) is 12.1 Å². The predicted octanol–water partition coefficient (Wildman–Crippen LogP) is 3.30. The third kappa shape index (κ3) is 4.08. The van der Waals surface area contributed by atoms with Crippen molar-refractivity contribution in [1.82, 2.24) is 29.5 Å². The standard InChI is InChI=1S/C20H22N8O/c1-13(2)28-19-17(27-20(28)26-16-11-21-9-10-22-16)18(24-12-25-19)23-8-7-14-3-5-15(29)6-4-14/h3-6,9-13,29H,7-8H2,1-2H3,(H,22,26,27)(H,23,24,25). The van der Waals surface area contributed by atoms with Crippen LogP contribution in [0.4, 0.5) is 17.6 Å². The van der Waals surface area contributed by atoms with Crippen LogP contribution in [0.15, 0.2) is 49.2 Å². The van der Waals surface area contributed by atoms with Crippen LogP contribution in [0.2, 0.25) is 0 Å². The number of phenols is 1. The molecule has 0 atom stereocenters. The quantitative estimate of drug-likeness (QED) is 0.440. The molecule has 3 aromatic heterocycles. The predicted molar refractivity (Wildman–Crippen MR) is 111 cm³/mol. The van der Waals surface area contributed by atoms with E-state index in [1.807, 2.05) is 16.7 Å². The maximum absolute atomic E-state index is 9.40. The smallest absolute Gasteiger partial charge is 0.211 e. The van der Waals surface area contributed by atoms with E-state index >= 15 is 0 Å². The first-order valence-electron chi connectivity index (χ1n) is 9.39. The van der Waals surface area contributed by atoms with Crippen LogP contribution in [-0.2, 0) is 6.42 Å². The number of benzene rings is 1. The summed E-state index contributed by atoms with van der Waals surface area (Å²) in [7, 11) is 0. The molecule has 0 radical (unpaired) electrons. The lowest BCUT2D eigenvalue weighted by Crippen LogP contribution is -2.08. The molecule has 29 heavy (non-hydrogen) atoms. The van der Waals surface area contributed by atoms with Crippen LogP contribution in [0.1, 0.15) is 25.5 Å². The van der Waals surface area contributed by atoms with E-state index in [-0.39, 0.29) is 11.8 Å². The van der Waals surface area contributed by atoms with Crippen molar-refractivity contribution in [2.45, 2.75) is 26.3 Å². The molecule has 0 saturated carbocycles. The lowest BCUT2D eigenvalue weighted by atomic mass is 10.1. The fourth-order valence-electron chi connectivity index (χ4n) is 3.08. The fraction of sp³-hybridized carbons (Fsp3) is 0.250. The van der Waals surface area contributed by atoms with Gasteiger partial charge < -0.3 is 15.7 Å². The minimum Gasteiger partial charge on any atom is -0.508 e. The lowest BCUT2D eigenvalue weighted by Gasteiger charge is -2.12. The number of hydrogen-bond acceptors (Lipinski definition) is 8. The van der Waals surface area contributed by atoms with Gasteiger partial charge in [-0.3, -0.25) is 9.55 Å². The van der Waals surface area contributed by atoms with Gasteiger partial charge in [0.05, 0.1) is 6.20 Å². The van der Waals surface area contributed by atoms with Crippen LogP contribution in [-0.4, -0.2) is 41.1 Å². The summed E-state index contributed by atoms with van der Waals surface area (Å²) in [4.78, 5) is 21.9. The summed E-state index contributed by atoms with van der Waals surface area (Å²) in [5.74, 6) is 2.19. The monoisotopic (exact) mass is 390 g/mol. The first-order valence-corrected chi connectivity index (χ1v) is 9.39. The molecule has 0 aliphatic heterocycles. The molecule has 9 heteroatoms. The zero-order valence-corrected chi connectivity index (χ0v) is 16.2. The highest BCUT2D eigenvalue weighted by atomic mass is 16.3. The van der Waals surface area contributed by atoms with Crippen LogP contribution in [0.25, 0.3) is 11.2 Å². The summed E-state index contributed by atoms with van der Waals surface area (Å²) in [6.45, 7) is 4.82. The average molecular weight is 390 g/mol. The van der Waals surface area contributed by atoms with Gasteiger partial charge in [0, 0.05) is 25.0 Å². The van der Waals surface area contributed by atoms with Crippen molar-refractivity contribution in [1.29, 1.82) is 0 Å². The van der Waals surface area contributed by atoms with E-state index in [0.29, 0.717) is 29.6 Å². The van der Waals surface area contributed by atoms with Crippen LogP contribution in [0.5, 0.6) is 5.75 Å². The van der Waals surface area contributed by atoms with Crippen molar-refractivity contribution in [2.24, 2.45) is 0 Å². The summed E-state index contributed by atoms with van der Waals surface area (Å²) < 4.78 is 2.01. The highest BCUT2D eigenvalue weighted by Crippen LogP contribution is 2.27. The van der Waals surface area contributed by atoms with Crippen LogP contribution < -0.4 is 10.6 Å². The van der Waals surface area contributed by atoms with Crippen LogP contribution >= 0.6 is 0 Å². The van der Waals surface area contributed by atoms with E-state index in [1.165, 1.54) is 6.33 Å². The zero-order chi connectivity index (χ0) is 20.2. The molecule has 1 aromatic carbocycles. The molecule has 4 aromatic rings. The van der Waals surface area contributed by atoms with Gasteiger partial charge in [0.2, 0.25) is 5.95 Å². The second kappa shape index (κ2) is 8.09. The molecule has 0 saturated heterocycles. The molecule has 0 bridgehead atoms. The normalized spacial score (nSPS) is 11.1. The molecule has 0 amide bonds. The summed E-state index contributed by atoms with van der Waals surface area (Å²) in [6, 6.07) is 7.32. The largest absolute Gasteiger partial charge is 0.508 e. The number of phenolic OH excluding ortho intramolecular Hbond substituents is 1. The molecule has 3 N–H and O–H groups in total. The lowest BCUT2D eigenvalue weighted by molar-refractivity contribution is 0.475. The Morgan fingerprint density at radius 1 is 1.07 bits per heavy atom. The molecule has 0 aliphatic rings. The number of anilines is 3. The summed E-state index contributed by atoms with van der Waals surface area (Å²) in [6.07, 6.45) is 7.23. The second-order valence-electron chi connectivity index (χ2n) is 6.85. The summed E-state index contributed by atoms with van der Waals surface area (Å²) >= 11 is 0. The molecule has 0 spiro atoms. The van der Waals surface area contributed by atoms with Crippen molar-refractivity contribution >= 4 is 28.7 Å². The van der Waals surface area contributed by atoms with E-state index in [9.17, 15) is 5.11 Å². The number of imidazole rings is 1. The Hall–Kier alpha value is -3.75. The molecular weight excluding hydrogens is 368 g/mol. The molecule has 148 valence electrons. The number of nitrogens with zero attached hydrogens (tertiary/aromatic N) is 6. The SMILES string of the molecule is CC(C)n1c(Nc2cnccn2)nc2c(NCCc3ccc(O)cc3)ncnc21. The highest BCUT2D eigenvalue weighted by Gasteiger charge is 2.18. The molecule has 3 heterocycles. The molecule has 0 aliphatic carbocycles. The maximum atomic E-state index is 9.40. The number of aromatic hydroxyl groups is 1. The van der Waals surface area contributed by atoms with Gasteiger partial charge in [-0.05, 0) is 38.0 Å². The van der Waals surface area contributed by atoms with Gasteiger partial charge in [0.1, 0.15) is 12.1 Å². The summed E-state index contributed by atoms with van der Waals surface area (Å²) in [5.41, 5.74) is 2.56. The number of fused-ring (bicyclic) bond motifs is 1. The van der Waals surface area contributed by atoms with Crippen molar-refractivity contribution < 1.29 is 5.11 Å². The first-order chi connectivity index (χ1) is 14.1. The minimum absolute atomic E-state index is 0.138. The van der Waals surface area contributed by atoms with E-state index in [2.05, 4.69) is 44.4 Å². The Labute approximate surface area is 167 Å². The van der Waals surface area contributed by atoms with E-state index in [0.717, 1.165) is 17.6 Å².